The lowest BCUT2D eigenvalue weighted by atomic mass is 10.2. The van der Waals surface area contributed by atoms with Gasteiger partial charge in [0.2, 0.25) is 0 Å². The Morgan fingerprint density at radius 3 is 2.59 bits per heavy atom. The van der Waals surface area contributed by atoms with E-state index in [1.165, 1.54) is 16.3 Å². The molecule has 1 N–H and O–H groups in total. The molecule has 0 aliphatic carbocycles. The number of thioether (sulfide) groups is 1. The minimum Gasteiger partial charge on any atom is -0.272 e. The second-order valence-corrected chi connectivity index (χ2v) is 9.44. The highest BCUT2D eigenvalue weighted by molar-refractivity contribution is 9.10. The number of fused-ring (bicyclic) bond motifs is 1. The number of aromatic nitrogens is 2. The van der Waals surface area contributed by atoms with E-state index >= 15 is 0 Å². The number of carbonyl (C=O) groups excluding carboxylic acids is 1. The molecule has 3 aromatic carbocycles. The molecule has 0 spiro atoms. The van der Waals surface area contributed by atoms with Crippen molar-refractivity contribution < 1.29 is 4.79 Å². The fourth-order valence-corrected chi connectivity index (χ4v) is 4.44. The zero-order valence-electron chi connectivity index (χ0n) is 16.5. The van der Waals surface area contributed by atoms with Crippen molar-refractivity contribution in [1.82, 2.24) is 15.0 Å². The molecule has 0 saturated carbocycles. The molecular weight excluding hydrogens is 556 g/mol. The Labute approximate surface area is 205 Å². The van der Waals surface area contributed by atoms with Crippen LogP contribution in [0.2, 0.25) is 0 Å². The minimum absolute atomic E-state index is 0.0527. The SMILES string of the molecule is O=C(CSc1nc2ccccc2c(=O)n1-c1ccc(Br)cc1)NN=Cc1cccc(Br)c1. The van der Waals surface area contributed by atoms with Crippen LogP contribution >= 0.6 is 43.6 Å². The standard InChI is InChI=1S/C23H16Br2N4O2S/c24-16-8-10-18(11-9-16)29-22(31)19-6-1-2-7-20(19)27-23(29)32-14-21(30)28-26-13-15-4-3-5-17(25)12-15/h1-13H,14H2,(H,28,30). The molecule has 0 atom stereocenters. The zero-order valence-corrected chi connectivity index (χ0v) is 20.5. The van der Waals surface area contributed by atoms with Crippen LogP contribution in [0.15, 0.2) is 96.8 Å². The van der Waals surface area contributed by atoms with Crippen LogP contribution in [0.5, 0.6) is 0 Å². The van der Waals surface area contributed by atoms with Gasteiger partial charge in [-0.3, -0.25) is 14.2 Å². The van der Waals surface area contributed by atoms with Gasteiger partial charge < -0.3 is 0 Å². The Morgan fingerprint density at radius 1 is 1.03 bits per heavy atom. The first kappa shape index (κ1) is 22.4. The first-order valence-corrected chi connectivity index (χ1v) is 12.1. The number of halogens is 2. The predicted octanol–water partition coefficient (Wildman–Crippen LogP) is 5.15. The molecule has 0 bridgehead atoms. The summed E-state index contributed by atoms with van der Waals surface area (Å²) in [5.74, 6) is -0.247. The molecule has 1 aromatic heterocycles. The van der Waals surface area contributed by atoms with Crippen LogP contribution in [0.3, 0.4) is 0 Å². The molecule has 0 radical (unpaired) electrons. The molecule has 4 aromatic rings. The number of hydrogen-bond donors (Lipinski definition) is 1. The third kappa shape index (κ3) is 5.35. The Balaban J connectivity index is 1.56. The summed E-state index contributed by atoms with van der Waals surface area (Å²) < 4.78 is 3.36. The smallest absolute Gasteiger partial charge is 0.266 e. The first-order valence-electron chi connectivity index (χ1n) is 9.49. The molecule has 0 fully saturated rings. The van der Waals surface area contributed by atoms with E-state index in [0.717, 1.165) is 14.5 Å². The molecule has 1 amide bonds. The van der Waals surface area contributed by atoms with Crippen LogP contribution < -0.4 is 11.0 Å². The quantitative estimate of drug-likeness (QED) is 0.150. The van der Waals surface area contributed by atoms with Gasteiger partial charge >= 0.3 is 0 Å². The number of hydrogen-bond acceptors (Lipinski definition) is 5. The van der Waals surface area contributed by atoms with E-state index in [-0.39, 0.29) is 17.2 Å². The van der Waals surface area contributed by atoms with Gasteiger partial charge in [0.25, 0.3) is 11.5 Å². The summed E-state index contributed by atoms with van der Waals surface area (Å²) in [6, 6.07) is 22.1. The second kappa shape index (κ2) is 10.2. The van der Waals surface area contributed by atoms with Crippen LogP contribution in [0.4, 0.5) is 0 Å². The lowest BCUT2D eigenvalue weighted by Crippen LogP contribution is -2.24. The van der Waals surface area contributed by atoms with E-state index < -0.39 is 0 Å². The van der Waals surface area contributed by atoms with Gasteiger partial charge in [0.1, 0.15) is 0 Å². The number of carbonyl (C=O) groups is 1. The van der Waals surface area contributed by atoms with Gasteiger partial charge in [-0.1, -0.05) is 67.9 Å². The minimum atomic E-state index is -0.300. The number of nitrogens with zero attached hydrogens (tertiary/aromatic N) is 3. The van der Waals surface area contributed by atoms with Crippen molar-refractivity contribution in [2.75, 3.05) is 5.75 Å². The third-order valence-corrected chi connectivity index (χ3v) is 6.37. The Kier molecular flexibility index (Phi) is 7.19. The number of amides is 1. The summed E-state index contributed by atoms with van der Waals surface area (Å²) in [6.45, 7) is 0. The van der Waals surface area contributed by atoms with Crippen molar-refractivity contribution in [2.24, 2.45) is 5.10 Å². The van der Waals surface area contributed by atoms with Crippen molar-refractivity contribution in [2.45, 2.75) is 5.16 Å². The summed E-state index contributed by atoms with van der Waals surface area (Å²) in [4.78, 5) is 30.2. The maximum absolute atomic E-state index is 13.2. The topological polar surface area (TPSA) is 76.3 Å². The molecule has 0 saturated heterocycles. The molecule has 160 valence electrons. The molecule has 1 heterocycles. The zero-order chi connectivity index (χ0) is 22.5. The van der Waals surface area contributed by atoms with Gasteiger partial charge in [0, 0.05) is 8.95 Å². The molecular formula is C23H16Br2N4O2S. The summed E-state index contributed by atoms with van der Waals surface area (Å²) in [6.07, 6.45) is 1.57. The van der Waals surface area contributed by atoms with Gasteiger partial charge in [0.05, 0.1) is 28.6 Å². The molecule has 4 rings (SSSR count). The fourth-order valence-electron chi connectivity index (χ4n) is 2.96. The maximum Gasteiger partial charge on any atom is 0.266 e. The largest absolute Gasteiger partial charge is 0.272 e. The summed E-state index contributed by atoms with van der Waals surface area (Å²) in [5, 5.41) is 4.95. The number of benzene rings is 3. The molecule has 6 nitrogen and oxygen atoms in total. The van der Waals surface area contributed by atoms with E-state index in [1.54, 1.807) is 24.4 Å². The van der Waals surface area contributed by atoms with E-state index in [4.69, 9.17) is 0 Å². The lowest BCUT2D eigenvalue weighted by Gasteiger charge is -2.13. The number of nitrogens with one attached hydrogen (secondary N) is 1. The molecule has 0 unspecified atom stereocenters. The fraction of sp³-hybridized carbons (Fsp3) is 0.0435. The van der Waals surface area contributed by atoms with Gasteiger partial charge in [0.15, 0.2) is 5.16 Å². The summed E-state index contributed by atoms with van der Waals surface area (Å²) in [7, 11) is 0. The van der Waals surface area contributed by atoms with Crippen LogP contribution in [-0.4, -0.2) is 27.4 Å². The Bertz CT molecular complexity index is 1370. The van der Waals surface area contributed by atoms with Gasteiger partial charge in [-0.2, -0.15) is 5.10 Å². The summed E-state index contributed by atoms with van der Waals surface area (Å²) >= 11 is 7.99. The van der Waals surface area contributed by atoms with Crippen LogP contribution in [0.25, 0.3) is 16.6 Å². The first-order chi connectivity index (χ1) is 15.5. The molecule has 0 aliphatic rings. The van der Waals surface area contributed by atoms with E-state index in [9.17, 15) is 9.59 Å². The monoisotopic (exact) mass is 570 g/mol. The average Bonchev–Trinajstić information content (AvgIpc) is 2.79. The second-order valence-electron chi connectivity index (χ2n) is 6.67. The van der Waals surface area contributed by atoms with Crippen LogP contribution in [0, 0.1) is 0 Å². The Morgan fingerprint density at radius 2 is 1.81 bits per heavy atom. The number of hydrazone groups is 1. The van der Waals surface area contributed by atoms with Crippen molar-refractivity contribution in [1.29, 1.82) is 0 Å². The van der Waals surface area contributed by atoms with Gasteiger partial charge in [-0.15, -0.1) is 0 Å². The highest BCUT2D eigenvalue weighted by Gasteiger charge is 2.14. The van der Waals surface area contributed by atoms with E-state index in [1.807, 2.05) is 54.6 Å². The van der Waals surface area contributed by atoms with Crippen molar-refractivity contribution in [3.05, 3.63) is 97.7 Å². The molecule has 0 aliphatic heterocycles. The van der Waals surface area contributed by atoms with Gasteiger partial charge in [-0.25, -0.2) is 10.4 Å². The maximum atomic E-state index is 13.2. The van der Waals surface area contributed by atoms with Crippen molar-refractivity contribution in [3.63, 3.8) is 0 Å². The highest BCUT2D eigenvalue weighted by atomic mass is 79.9. The third-order valence-electron chi connectivity index (χ3n) is 4.41. The molecule has 9 heteroatoms. The average molecular weight is 572 g/mol. The number of para-hydroxylation sites is 1. The normalized spacial score (nSPS) is 11.2. The lowest BCUT2D eigenvalue weighted by molar-refractivity contribution is -0.118. The Hall–Kier alpha value is -2.75. The molecule has 32 heavy (non-hydrogen) atoms. The number of rotatable bonds is 6. The van der Waals surface area contributed by atoms with Crippen molar-refractivity contribution >= 4 is 66.6 Å². The van der Waals surface area contributed by atoms with Gasteiger partial charge in [-0.05, 0) is 54.1 Å². The summed E-state index contributed by atoms with van der Waals surface area (Å²) in [5.41, 5.74) is 4.44. The highest BCUT2D eigenvalue weighted by Crippen LogP contribution is 2.22. The predicted molar refractivity (Wildman–Crippen MR) is 136 cm³/mol. The van der Waals surface area contributed by atoms with E-state index in [2.05, 4.69) is 47.4 Å². The van der Waals surface area contributed by atoms with Crippen LogP contribution in [0.1, 0.15) is 5.56 Å². The van der Waals surface area contributed by atoms with E-state index in [0.29, 0.717) is 21.7 Å². The van der Waals surface area contributed by atoms with Crippen molar-refractivity contribution in [3.8, 4) is 5.69 Å². The van der Waals surface area contributed by atoms with Crippen LogP contribution in [-0.2, 0) is 4.79 Å².